The summed E-state index contributed by atoms with van der Waals surface area (Å²) < 4.78 is 1.78. The molecular weight excluding hydrogens is 260 g/mol. The van der Waals surface area contributed by atoms with Gasteiger partial charge in [0.1, 0.15) is 6.10 Å². The molecule has 1 atom stereocenters. The van der Waals surface area contributed by atoms with Crippen molar-refractivity contribution in [2.45, 2.75) is 20.0 Å². The first kappa shape index (κ1) is 13.6. The van der Waals surface area contributed by atoms with Gasteiger partial charge in [-0.25, -0.2) is 4.68 Å². The molecule has 1 unspecified atom stereocenters. The first-order valence-electron chi connectivity index (χ1n) is 7.00. The molecule has 0 radical (unpaired) electrons. The van der Waals surface area contributed by atoms with Crippen molar-refractivity contribution in [1.82, 2.24) is 9.78 Å². The van der Waals surface area contributed by atoms with Gasteiger partial charge in [0.15, 0.2) is 0 Å². The summed E-state index contributed by atoms with van der Waals surface area (Å²) in [5.41, 5.74) is 4.94. The fourth-order valence-corrected chi connectivity index (χ4v) is 2.43. The molecule has 0 aliphatic rings. The molecule has 0 fully saturated rings. The molecule has 3 rings (SSSR count). The number of aryl methyl sites for hydroxylation is 2. The number of aliphatic hydroxyl groups excluding tert-OH is 1. The first-order valence-corrected chi connectivity index (χ1v) is 7.00. The van der Waals surface area contributed by atoms with Gasteiger partial charge in [-0.3, -0.25) is 0 Å². The van der Waals surface area contributed by atoms with Crippen molar-refractivity contribution in [3.63, 3.8) is 0 Å². The SMILES string of the molecule is Cc1ccc(C)c(C(O)c2cnn(-c3ccccc3)c2)c1. The number of aromatic nitrogens is 2. The van der Waals surface area contributed by atoms with Gasteiger partial charge in [-0.2, -0.15) is 5.10 Å². The highest BCUT2D eigenvalue weighted by Crippen LogP contribution is 2.26. The molecule has 21 heavy (non-hydrogen) atoms. The molecule has 1 N–H and O–H groups in total. The molecule has 0 saturated heterocycles. The van der Waals surface area contributed by atoms with Crippen LogP contribution in [-0.2, 0) is 0 Å². The molecule has 3 aromatic rings. The van der Waals surface area contributed by atoms with Crippen molar-refractivity contribution in [1.29, 1.82) is 0 Å². The summed E-state index contributed by atoms with van der Waals surface area (Å²) in [7, 11) is 0. The Bertz CT molecular complexity index is 747. The van der Waals surface area contributed by atoms with E-state index in [0.29, 0.717) is 0 Å². The average molecular weight is 278 g/mol. The molecule has 0 saturated carbocycles. The van der Waals surface area contributed by atoms with Gasteiger partial charge >= 0.3 is 0 Å². The second-order valence-electron chi connectivity index (χ2n) is 5.32. The summed E-state index contributed by atoms with van der Waals surface area (Å²) >= 11 is 0. The lowest BCUT2D eigenvalue weighted by atomic mass is 9.98. The molecule has 3 heteroatoms. The number of nitrogens with zero attached hydrogens (tertiary/aromatic N) is 2. The van der Waals surface area contributed by atoms with Crippen molar-refractivity contribution >= 4 is 0 Å². The zero-order valence-corrected chi connectivity index (χ0v) is 12.2. The smallest absolute Gasteiger partial charge is 0.107 e. The lowest BCUT2D eigenvalue weighted by Gasteiger charge is -2.13. The highest BCUT2D eigenvalue weighted by molar-refractivity contribution is 5.38. The van der Waals surface area contributed by atoms with Crippen molar-refractivity contribution < 1.29 is 5.11 Å². The topological polar surface area (TPSA) is 38.1 Å². The quantitative estimate of drug-likeness (QED) is 0.795. The van der Waals surface area contributed by atoms with E-state index in [2.05, 4.69) is 11.2 Å². The molecule has 1 aromatic heterocycles. The van der Waals surface area contributed by atoms with Gasteiger partial charge in [-0.15, -0.1) is 0 Å². The highest BCUT2D eigenvalue weighted by atomic mass is 16.3. The molecule has 0 amide bonds. The lowest BCUT2D eigenvalue weighted by Crippen LogP contribution is -2.01. The Morgan fingerprint density at radius 2 is 1.81 bits per heavy atom. The van der Waals surface area contributed by atoms with Crippen LogP contribution in [0, 0.1) is 13.8 Å². The van der Waals surface area contributed by atoms with Crippen LogP contribution >= 0.6 is 0 Å². The molecular formula is C18H18N2O. The minimum atomic E-state index is -0.651. The highest BCUT2D eigenvalue weighted by Gasteiger charge is 2.15. The zero-order chi connectivity index (χ0) is 14.8. The number of para-hydroxylation sites is 1. The third-order valence-corrected chi connectivity index (χ3v) is 3.67. The molecule has 0 bridgehead atoms. The van der Waals surface area contributed by atoms with Crippen LogP contribution in [-0.4, -0.2) is 14.9 Å². The van der Waals surface area contributed by atoms with Crippen LogP contribution in [0.25, 0.3) is 5.69 Å². The van der Waals surface area contributed by atoms with Crippen molar-refractivity contribution in [3.05, 3.63) is 83.2 Å². The van der Waals surface area contributed by atoms with Crippen molar-refractivity contribution in [2.75, 3.05) is 0 Å². The van der Waals surface area contributed by atoms with E-state index in [4.69, 9.17) is 0 Å². The Kier molecular flexibility index (Phi) is 3.59. The molecule has 0 aliphatic carbocycles. The predicted molar refractivity (Wildman–Crippen MR) is 83.5 cm³/mol. The maximum atomic E-state index is 10.6. The molecule has 3 nitrogen and oxygen atoms in total. The zero-order valence-electron chi connectivity index (χ0n) is 12.2. The fourth-order valence-electron chi connectivity index (χ4n) is 2.43. The van der Waals surface area contributed by atoms with Crippen LogP contribution in [0.5, 0.6) is 0 Å². The normalized spacial score (nSPS) is 12.3. The van der Waals surface area contributed by atoms with Crippen molar-refractivity contribution in [3.8, 4) is 5.69 Å². The molecule has 106 valence electrons. The summed E-state index contributed by atoms with van der Waals surface area (Å²) in [5, 5.41) is 14.9. The summed E-state index contributed by atoms with van der Waals surface area (Å²) in [6.07, 6.45) is 2.95. The first-order chi connectivity index (χ1) is 10.1. The molecule has 2 aromatic carbocycles. The van der Waals surface area contributed by atoms with E-state index < -0.39 is 6.10 Å². The Morgan fingerprint density at radius 1 is 1.05 bits per heavy atom. The third kappa shape index (κ3) is 2.73. The summed E-state index contributed by atoms with van der Waals surface area (Å²) in [6.45, 7) is 4.04. The van der Waals surface area contributed by atoms with Gasteiger partial charge in [0.25, 0.3) is 0 Å². The Balaban J connectivity index is 1.94. The van der Waals surface area contributed by atoms with E-state index in [1.807, 2.05) is 62.5 Å². The maximum Gasteiger partial charge on any atom is 0.107 e. The van der Waals surface area contributed by atoms with Gasteiger partial charge < -0.3 is 5.11 Å². The van der Waals surface area contributed by atoms with E-state index in [9.17, 15) is 5.11 Å². The number of aliphatic hydroxyl groups is 1. The number of rotatable bonds is 3. The van der Waals surface area contributed by atoms with Gasteiger partial charge in [0.05, 0.1) is 11.9 Å². The van der Waals surface area contributed by atoms with E-state index >= 15 is 0 Å². The van der Waals surface area contributed by atoms with Crippen LogP contribution in [0.4, 0.5) is 0 Å². The summed E-state index contributed by atoms with van der Waals surface area (Å²) in [4.78, 5) is 0. The van der Waals surface area contributed by atoms with Gasteiger partial charge in [0, 0.05) is 11.8 Å². The third-order valence-electron chi connectivity index (χ3n) is 3.67. The number of hydrogen-bond donors (Lipinski definition) is 1. The standard InChI is InChI=1S/C18H18N2O/c1-13-8-9-14(2)17(10-13)18(21)15-11-19-20(12-15)16-6-4-3-5-7-16/h3-12,18,21H,1-2H3. The number of benzene rings is 2. The minimum Gasteiger partial charge on any atom is -0.384 e. The second-order valence-corrected chi connectivity index (χ2v) is 5.32. The van der Waals surface area contributed by atoms with Gasteiger partial charge in [-0.05, 0) is 37.1 Å². The Morgan fingerprint density at radius 3 is 2.57 bits per heavy atom. The number of hydrogen-bond acceptors (Lipinski definition) is 2. The van der Waals surface area contributed by atoms with Gasteiger partial charge in [-0.1, -0.05) is 42.0 Å². The van der Waals surface area contributed by atoms with Crippen LogP contribution in [0.1, 0.15) is 28.4 Å². The maximum absolute atomic E-state index is 10.6. The van der Waals surface area contributed by atoms with Crippen LogP contribution < -0.4 is 0 Å². The van der Waals surface area contributed by atoms with E-state index in [1.165, 1.54) is 0 Å². The summed E-state index contributed by atoms with van der Waals surface area (Å²) in [6, 6.07) is 16.0. The largest absolute Gasteiger partial charge is 0.384 e. The van der Waals surface area contributed by atoms with E-state index in [0.717, 1.165) is 27.9 Å². The monoisotopic (exact) mass is 278 g/mol. The lowest BCUT2D eigenvalue weighted by molar-refractivity contribution is 0.219. The molecule has 1 heterocycles. The Hall–Kier alpha value is -2.39. The Labute approximate surface area is 124 Å². The molecule has 0 spiro atoms. The molecule has 0 aliphatic heterocycles. The van der Waals surface area contributed by atoms with Crippen molar-refractivity contribution in [2.24, 2.45) is 0 Å². The second kappa shape index (κ2) is 5.54. The van der Waals surface area contributed by atoms with Gasteiger partial charge in [0.2, 0.25) is 0 Å². The van der Waals surface area contributed by atoms with Crippen LogP contribution in [0.3, 0.4) is 0 Å². The van der Waals surface area contributed by atoms with E-state index in [1.54, 1.807) is 10.9 Å². The predicted octanol–water partition coefficient (Wildman–Crippen LogP) is 3.57. The minimum absolute atomic E-state index is 0.651. The summed E-state index contributed by atoms with van der Waals surface area (Å²) in [5.74, 6) is 0. The van der Waals surface area contributed by atoms with Crippen LogP contribution in [0.15, 0.2) is 60.9 Å². The average Bonchev–Trinajstić information content (AvgIpc) is 3.00. The van der Waals surface area contributed by atoms with Crippen LogP contribution in [0.2, 0.25) is 0 Å². The van der Waals surface area contributed by atoms with E-state index in [-0.39, 0.29) is 0 Å². The fraction of sp³-hybridized carbons (Fsp3) is 0.167.